The van der Waals surface area contributed by atoms with Crippen LogP contribution in [0.25, 0.3) is 0 Å². The Morgan fingerprint density at radius 1 is 0.354 bits per heavy atom. The van der Waals surface area contributed by atoms with Gasteiger partial charge in [-0.25, -0.2) is 0 Å². The van der Waals surface area contributed by atoms with Crippen LogP contribution in [0, 0.1) is 0 Å². The summed E-state index contributed by atoms with van der Waals surface area (Å²) in [6, 6.07) is 7.39. The highest BCUT2D eigenvalue weighted by molar-refractivity contribution is 14.1. The van der Waals surface area contributed by atoms with Crippen molar-refractivity contribution in [2.45, 2.75) is 25.7 Å². The topological polar surface area (TPSA) is 137 Å². The van der Waals surface area contributed by atoms with E-state index in [0.717, 1.165) is 13.0 Å². The third kappa shape index (κ3) is 33.6. The van der Waals surface area contributed by atoms with Gasteiger partial charge < -0.3 is 62.6 Å². The average Bonchev–Trinajstić information content (AvgIpc) is 3.10. The summed E-state index contributed by atoms with van der Waals surface area (Å²) in [6.45, 7) is 12.3. The molecule has 0 saturated heterocycles. The van der Waals surface area contributed by atoms with Gasteiger partial charge in [0.1, 0.15) is 12.4 Å². The molecule has 0 aliphatic carbocycles. The normalized spacial score (nSPS) is 11.4. The lowest BCUT2D eigenvalue weighted by atomic mass is 10.2. The van der Waals surface area contributed by atoms with Crippen molar-refractivity contribution >= 4 is 28.3 Å². The molecular weight excluding hydrogens is 741 g/mol. The maximum atomic E-state index is 5.82. The summed E-state index contributed by atoms with van der Waals surface area (Å²) >= 11 is 2.42. The molecule has 14 heteroatoms. The molecule has 48 heavy (non-hydrogen) atoms. The van der Waals surface area contributed by atoms with Crippen LogP contribution < -0.4 is 10.5 Å². The fourth-order valence-electron chi connectivity index (χ4n) is 3.78. The number of hydrogen-bond acceptors (Lipinski definition) is 13. The number of hydrogen-bond donors (Lipinski definition) is 1. The van der Waals surface area contributed by atoms with Gasteiger partial charge in [0.25, 0.3) is 0 Å². The minimum Gasteiger partial charge on any atom is -0.489 e. The molecule has 0 radical (unpaired) electrons. The van der Waals surface area contributed by atoms with E-state index in [9.17, 15) is 0 Å². The number of unbranched alkanes of at least 4 members (excludes halogenated alkanes) is 3. The zero-order valence-electron chi connectivity index (χ0n) is 29.0. The molecule has 0 bridgehead atoms. The van der Waals surface area contributed by atoms with E-state index in [2.05, 4.69) is 22.6 Å². The molecule has 1 aromatic carbocycles. The smallest absolute Gasteiger partial charge is 0.142 e. The number of para-hydroxylation sites is 2. The van der Waals surface area contributed by atoms with Crippen molar-refractivity contribution in [2.24, 2.45) is 0 Å². The molecule has 1 aromatic rings. The van der Waals surface area contributed by atoms with Gasteiger partial charge in [-0.2, -0.15) is 0 Å². The van der Waals surface area contributed by atoms with Gasteiger partial charge in [-0.15, -0.1) is 0 Å². The number of benzene rings is 1. The second-order valence-corrected chi connectivity index (χ2v) is 11.3. The molecule has 0 saturated carbocycles. The summed E-state index contributed by atoms with van der Waals surface area (Å²) in [4.78, 5) is 0. The minimum absolute atomic E-state index is 0.439. The first kappa shape index (κ1) is 45.1. The maximum absolute atomic E-state index is 5.82. The van der Waals surface area contributed by atoms with Crippen LogP contribution in [0.5, 0.6) is 5.75 Å². The summed E-state index contributed by atoms with van der Waals surface area (Å²) in [6.07, 6.45) is 4.97. The first-order chi connectivity index (χ1) is 23.8. The Labute approximate surface area is 302 Å². The lowest BCUT2D eigenvalue weighted by molar-refractivity contribution is -0.0277. The lowest BCUT2D eigenvalue weighted by Gasteiger charge is -2.10. The quantitative estimate of drug-likeness (QED) is 0.0446. The van der Waals surface area contributed by atoms with E-state index < -0.39 is 0 Å². The van der Waals surface area contributed by atoms with Crippen molar-refractivity contribution in [3.8, 4) is 5.75 Å². The fraction of sp³-hybridized carbons (Fsp3) is 0.824. The van der Waals surface area contributed by atoms with Gasteiger partial charge in [0.05, 0.1) is 144 Å². The van der Waals surface area contributed by atoms with E-state index in [4.69, 9.17) is 62.6 Å². The molecule has 13 nitrogen and oxygen atoms in total. The number of alkyl halides is 1. The highest BCUT2D eigenvalue weighted by Crippen LogP contribution is 2.19. The molecular formula is C34H62INO12. The highest BCUT2D eigenvalue weighted by Gasteiger charge is 1.99. The maximum Gasteiger partial charge on any atom is 0.142 e. The highest BCUT2D eigenvalue weighted by atomic mass is 127. The first-order valence-electron chi connectivity index (χ1n) is 17.2. The van der Waals surface area contributed by atoms with Crippen LogP contribution in [0.2, 0.25) is 0 Å². The van der Waals surface area contributed by atoms with Crippen LogP contribution in [-0.4, -0.2) is 156 Å². The van der Waals surface area contributed by atoms with E-state index in [-0.39, 0.29) is 0 Å². The number of nitrogen functional groups attached to an aromatic ring is 1. The van der Waals surface area contributed by atoms with Crippen molar-refractivity contribution in [1.82, 2.24) is 0 Å². The van der Waals surface area contributed by atoms with Crippen LogP contribution in [0.1, 0.15) is 25.7 Å². The largest absolute Gasteiger partial charge is 0.489 e. The van der Waals surface area contributed by atoms with Gasteiger partial charge in [0, 0.05) is 6.61 Å². The molecule has 0 unspecified atom stereocenters. The molecule has 2 N–H and O–H groups in total. The monoisotopic (exact) mass is 803 g/mol. The molecule has 0 aliphatic heterocycles. The van der Waals surface area contributed by atoms with E-state index >= 15 is 0 Å². The Hall–Kier alpha value is -0.890. The van der Waals surface area contributed by atoms with E-state index in [0.29, 0.717) is 157 Å². The molecule has 0 heterocycles. The standard InChI is InChI=1S/C34H62INO12/c35-9-5-1-2-6-10-37-11-12-38-13-14-39-15-16-40-17-18-41-19-20-42-21-22-43-23-24-44-25-26-45-27-28-46-29-30-47-31-32-48-34-8-4-3-7-33(34)36/h3-4,7-8H,1-2,5-6,9-32,36H2. The molecule has 0 fully saturated rings. The van der Waals surface area contributed by atoms with E-state index in [1.54, 1.807) is 6.07 Å². The van der Waals surface area contributed by atoms with Gasteiger partial charge in [0.15, 0.2) is 0 Å². The van der Waals surface area contributed by atoms with Crippen LogP contribution in [0.15, 0.2) is 24.3 Å². The second kappa shape index (κ2) is 38.9. The van der Waals surface area contributed by atoms with Crippen molar-refractivity contribution in [2.75, 3.05) is 162 Å². The van der Waals surface area contributed by atoms with E-state index in [1.165, 1.54) is 23.7 Å². The fourth-order valence-corrected chi connectivity index (χ4v) is 4.32. The second-order valence-electron chi connectivity index (χ2n) is 10.2. The number of anilines is 1. The molecule has 0 spiro atoms. The van der Waals surface area contributed by atoms with Gasteiger partial charge in [-0.1, -0.05) is 47.6 Å². The Balaban J connectivity index is 1.62. The molecule has 282 valence electrons. The van der Waals surface area contributed by atoms with Gasteiger partial charge >= 0.3 is 0 Å². The number of halogens is 1. The Bertz CT molecular complexity index is 771. The zero-order valence-corrected chi connectivity index (χ0v) is 31.1. The predicted molar refractivity (Wildman–Crippen MR) is 193 cm³/mol. The number of rotatable bonds is 40. The Morgan fingerprint density at radius 3 is 0.979 bits per heavy atom. The Kier molecular flexibility index (Phi) is 36.6. The first-order valence-corrected chi connectivity index (χ1v) is 18.8. The SMILES string of the molecule is Nc1ccccc1OCCOCCOCCOCCOCCOCCOCCOCCOCCOCCOCCOCCCCCCI. The van der Waals surface area contributed by atoms with Crippen LogP contribution >= 0.6 is 22.6 Å². The van der Waals surface area contributed by atoms with Crippen molar-refractivity contribution in [1.29, 1.82) is 0 Å². The van der Waals surface area contributed by atoms with Gasteiger partial charge in [-0.05, 0) is 29.4 Å². The van der Waals surface area contributed by atoms with Crippen molar-refractivity contribution < 1.29 is 56.8 Å². The van der Waals surface area contributed by atoms with Crippen molar-refractivity contribution in [3.05, 3.63) is 24.3 Å². The summed E-state index contributed by atoms with van der Waals surface area (Å²) in [5.41, 5.74) is 6.44. The zero-order chi connectivity index (χ0) is 34.3. The Morgan fingerprint density at radius 2 is 0.646 bits per heavy atom. The van der Waals surface area contributed by atoms with E-state index in [1.807, 2.05) is 18.2 Å². The molecule has 0 atom stereocenters. The van der Waals surface area contributed by atoms with Crippen molar-refractivity contribution in [3.63, 3.8) is 0 Å². The molecule has 0 aliphatic rings. The number of ether oxygens (including phenoxy) is 12. The van der Waals surface area contributed by atoms with Gasteiger partial charge in [0.2, 0.25) is 0 Å². The third-order valence-electron chi connectivity index (χ3n) is 6.30. The molecule has 0 aromatic heterocycles. The summed E-state index contributed by atoms with van der Waals surface area (Å²) < 4.78 is 67.3. The number of nitrogens with two attached hydrogens (primary N) is 1. The summed E-state index contributed by atoms with van der Waals surface area (Å²) in [7, 11) is 0. The average molecular weight is 804 g/mol. The minimum atomic E-state index is 0.439. The molecule has 1 rings (SSSR count). The van der Waals surface area contributed by atoms with Crippen LogP contribution in [0.4, 0.5) is 5.69 Å². The van der Waals surface area contributed by atoms with Crippen LogP contribution in [-0.2, 0) is 52.1 Å². The predicted octanol–water partition coefficient (Wildman–Crippen LogP) is 3.83. The van der Waals surface area contributed by atoms with Crippen LogP contribution in [0.3, 0.4) is 0 Å². The lowest BCUT2D eigenvalue weighted by Crippen LogP contribution is -2.15. The van der Waals surface area contributed by atoms with Gasteiger partial charge in [-0.3, -0.25) is 0 Å². The third-order valence-corrected chi connectivity index (χ3v) is 7.06. The summed E-state index contributed by atoms with van der Waals surface area (Å²) in [5, 5.41) is 0. The summed E-state index contributed by atoms with van der Waals surface area (Å²) in [5.74, 6) is 0.670. The molecule has 0 amide bonds.